The summed E-state index contributed by atoms with van der Waals surface area (Å²) in [4.78, 5) is 25.5. The number of halogens is 3. The van der Waals surface area contributed by atoms with Crippen molar-refractivity contribution in [1.82, 2.24) is 24.3 Å². The van der Waals surface area contributed by atoms with Crippen molar-refractivity contribution in [3.05, 3.63) is 53.1 Å². The van der Waals surface area contributed by atoms with E-state index >= 15 is 0 Å². The number of allylic oxidation sites excluding steroid dienone is 1. The molecular formula is C18H16F3N5OS. The standard InChI is InChI=1S/C18H16F3N5OS/c1-3-7-25-15(27)11-8-22-16(28-2)24-14(11)26(25)13-6-4-5-12(23-13)17(19)9-18(20,21)10-17/h3-6,8H,1,7,9-10H2,2H3. The van der Waals surface area contributed by atoms with Crippen molar-refractivity contribution in [3.8, 4) is 5.82 Å². The zero-order valence-electron chi connectivity index (χ0n) is 14.9. The number of nitrogens with zero attached hydrogens (tertiary/aromatic N) is 5. The normalized spacial score (nSPS) is 17.4. The number of fused-ring (bicyclic) bond motifs is 1. The first kappa shape index (κ1) is 18.7. The smallest absolute Gasteiger partial charge is 0.267 e. The molecule has 0 bridgehead atoms. The van der Waals surface area contributed by atoms with Crippen LogP contribution in [0, 0.1) is 0 Å². The lowest BCUT2D eigenvalue weighted by molar-refractivity contribution is -0.176. The summed E-state index contributed by atoms with van der Waals surface area (Å²) in [5, 5.41) is 0.728. The maximum absolute atomic E-state index is 14.9. The number of pyridine rings is 1. The average molecular weight is 407 g/mol. The Morgan fingerprint density at radius 2 is 2.04 bits per heavy atom. The van der Waals surface area contributed by atoms with Gasteiger partial charge in [-0.25, -0.2) is 37.5 Å². The maximum Gasteiger partial charge on any atom is 0.278 e. The molecule has 0 aliphatic heterocycles. The highest BCUT2D eigenvalue weighted by Crippen LogP contribution is 2.53. The molecule has 0 N–H and O–H groups in total. The van der Waals surface area contributed by atoms with Crippen molar-refractivity contribution in [2.75, 3.05) is 6.26 Å². The van der Waals surface area contributed by atoms with E-state index in [0.717, 1.165) is 0 Å². The molecule has 3 heterocycles. The number of thioether (sulfide) groups is 1. The Kier molecular flexibility index (Phi) is 4.33. The molecule has 4 rings (SSSR count). The van der Waals surface area contributed by atoms with Crippen molar-refractivity contribution in [1.29, 1.82) is 0 Å². The van der Waals surface area contributed by atoms with E-state index in [-0.39, 0.29) is 29.0 Å². The van der Waals surface area contributed by atoms with Gasteiger partial charge in [-0.1, -0.05) is 23.9 Å². The molecule has 0 saturated heterocycles. The van der Waals surface area contributed by atoms with E-state index in [4.69, 9.17) is 0 Å². The molecule has 0 unspecified atom stereocenters. The van der Waals surface area contributed by atoms with E-state index in [2.05, 4.69) is 21.5 Å². The summed E-state index contributed by atoms with van der Waals surface area (Å²) in [5.41, 5.74) is -2.32. The van der Waals surface area contributed by atoms with E-state index in [9.17, 15) is 18.0 Å². The highest BCUT2D eigenvalue weighted by atomic mass is 32.2. The minimum absolute atomic E-state index is 0.0884. The fourth-order valence-corrected chi connectivity index (χ4v) is 3.71. The summed E-state index contributed by atoms with van der Waals surface area (Å²) in [7, 11) is 0. The molecule has 0 atom stereocenters. The van der Waals surface area contributed by atoms with Crippen LogP contribution in [-0.4, -0.2) is 36.5 Å². The lowest BCUT2D eigenvalue weighted by atomic mass is 9.76. The van der Waals surface area contributed by atoms with Crippen LogP contribution < -0.4 is 5.56 Å². The summed E-state index contributed by atoms with van der Waals surface area (Å²) in [5.74, 6) is -2.82. The fraction of sp³-hybridized carbons (Fsp3) is 0.333. The molecule has 1 aliphatic carbocycles. The summed E-state index contributed by atoms with van der Waals surface area (Å²) in [6, 6.07) is 4.48. The highest BCUT2D eigenvalue weighted by Gasteiger charge is 2.59. The van der Waals surface area contributed by atoms with Gasteiger partial charge in [-0.3, -0.25) is 4.79 Å². The molecule has 6 nitrogen and oxygen atoms in total. The lowest BCUT2D eigenvalue weighted by Crippen LogP contribution is -2.46. The molecule has 146 valence electrons. The van der Waals surface area contributed by atoms with Crippen LogP contribution in [0.4, 0.5) is 13.2 Å². The van der Waals surface area contributed by atoms with Gasteiger partial charge in [0.2, 0.25) is 0 Å². The molecular weight excluding hydrogens is 391 g/mol. The van der Waals surface area contributed by atoms with Crippen LogP contribution in [0.1, 0.15) is 18.5 Å². The Morgan fingerprint density at radius 1 is 1.29 bits per heavy atom. The van der Waals surface area contributed by atoms with Gasteiger partial charge in [0.1, 0.15) is 5.39 Å². The number of aromatic nitrogens is 5. The molecule has 1 saturated carbocycles. The van der Waals surface area contributed by atoms with Crippen LogP contribution in [-0.2, 0) is 12.2 Å². The van der Waals surface area contributed by atoms with Crippen LogP contribution in [0.3, 0.4) is 0 Å². The minimum atomic E-state index is -3.03. The Morgan fingerprint density at radius 3 is 2.68 bits per heavy atom. The SMILES string of the molecule is C=CCn1c(=O)c2cnc(SC)nc2n1-c1cccc(C2(F)CC(F)(F)C2)n1. The van der Waals surface area contributed by atoms with Gasteiger partial charge in [0.05, 0.1) is 25.1 Å². The molecule has 0 aromatic carbocycles. The summed E-state index contributed by atoms with van der Waals surface area (Å²) < 4.78 is 44.2. The first-order valence-electron chi connectivity index (χ1n) is 8.46. The van der Waals surface area contributed by atoms with Gasteiger partial charge in [-0.2, -0.15) is 0 Å². The third kappa shape index (κ3) is 2.92. The molecule has 1 aliphatic rings. The molecule has 0 amide bonds. The van der Waals surface area contributed by atoms with Crippen molar-refractivity contribution < 1.29 is 13.2 Å². The van der Waals surface area contributed by atoms with Crippen LogP contribution in [0.25, 0.3) is 16.9 Å². The average Bonchev–Trinajstić information content (AvgIpc) is 2.92. The van der Waals surface area contributed by atoms with Gasteiger partial charge >= 0.3 is 0 Å². The highest BCUT2D eigenvalue weighted by molar-refractivity contribution is 7.98. The second-order valence-corrected chi connectivity index (χ2v) is 7.41. The van der Waals surface area contributed by atoms with E-state index in [1.165, 1.54) is 45.5 Å². The maximum atomic E-state index is 14.9. The van der Waals surface area contributed by atoms with Gasteiger partial charge in [0.25, 0.3) is 11.5 Å². The van der Waals surface area contributed by atoms with Crippen molar-refractivity contribution in [2.24, 2.45) is 0 Å². The first-order chi connectivity index (χ1) is 13.3. The zero-order valence-corrected chi connectivity index (χ0v) is 15.7. The van der Waals surface area contributed by atoms with E-state index < -0.39 is 24.4 Å². The Hall–Kier alpha value is -2.62. The van der Waals surface area contributed by atoms with Crippen molar-refractivity contribution in [2.45, 2.75) is 36.1 Å². The van der Waals surface area contributed by atoms with Crippen molar-refractivity contribution in [3.63, 3.8) is 0 Å². The van der Waals surface area contributed by atoms with Crippen LogP contribution in [0.2, 0.25) is 0 Å². The second kappa shape index (κ2) is 6.47. The molecule has 0 radical (unpaired) electrons. The van der Waals surface area contributed by atoms with Gasteiger partial charge < -0.3 is 0 Å². The predicted molar refractivity (Wildman–Crippen MR) is 99.9 cm³/mol. The van der Waals surface area contributed by atoms with Crippen molar-refractivity contribution >= 4 is 22.8 Å². The molecule has 3 aromatic heterocycles. The minimum Gasteiger partial charge on any atom is -0.267 e. The van der Waals surface area contributed by atoms with E-state index in [1.54, 1.807) is 12.3 Å². The van der Waals surface area contributed by atoms with Crippen LogP contribution >= 0.6 is 11.8 Å². The number of rotatable bonds is 5. The summed E-state index contributed by atoms with van der Waals surface area (Å²) in [6.07, 6.45) is 2.96. The third-order valence-corrected chi connectivity index (χ3v) is 5.19. The van der Waals surface area contributed by atoms with Gasteiger partial charge in [-0.05, 0) is 18.4 Å². The van der Waals surface area contributed by atoms with Gasteiger partial charge in [0, 0.05) is 6.20 Å². The zero-order chi connectivity index (χ0) is 20.1. The Balaban J connectivity index is 1.91. The van der Waals surface area contributed by atoms with Crippen LogP contribution in [0.15, 0.2) is 47.0 Å². The summed E-state index contributed by atoms with van der Waals surface area (Å²) in [6.45, 7) is 3.82. The topological polar surface area (TPSA) is 65.6 Å². The quantitative estimate of drug-likeness (QED) is 0.368. The number of alkyl halides is 3. The van der Waals surface area contributed by atoms with Crippen LogP contribution in [0.5, 0.6) is 0 Å². The molecule has 28 heavy (non-hydrogen) atoms. The number of hydrogen-bond acceptors (Lipinski definition) is 5. The first-order valence-corrected chi connectivity index (χ1v) is 9.68. The lowest BCUT2D eigenvalue weighted by Gasteiger charge is -2.40. The number of hydrogen-bond donors (Lipinski definition) is 0. The second-order valence-electron chi connectivity index (χ2n) is 6.64. The van der Waals surface area contributed by atoms with Gasteiger partial charge in [-0.15, -0.1) is 6.58 Å². The Bertz CT molecular complexity index is 1130. The largest absolute Gasteiger partial charge is 0.278 e. The van der Waals surface area contributed by atoms with Gasteiger partial charge in [0.15, 0.2) is 22.3 Å². The Labute approximate surface area is 162 Å². The molecule has 10 heteroatoms. The fourth-order valence-electron chi connectivity index (χ4n) is 3.37. The molecule has 1 fully saturated rings. The van der Waals surface area contributed by atoms with E-state index in [1.807, 2.05) is 0 Å². The van der Waals surface area contributed by atoms with E-state index in [0.29, 0.717) is 10.8 Å². The molecule has 3 aromatic rings. The monoisotopic (exact) mass is 407 g/mol. The molecule has 0 spiro atoms. The summed E-state index contributed by atoms with van der Waals surface area (Å²) >= 11 is 1.31. The third-order valence-electron chi connectivity index (χ3n) is 4.63. The predicted octanol–water partition coefficient (Wildman–Crippen LogP) is 3.48.